The molecule has 2 unspecified atom stereocenters. The van der Waals surface area contributed by atoms with Gasteiger partial charge < -0.3 is 15.7 Å². The zero-order chi connectivity index (χ0) is 13.0. The van der Waals surface area contributed by atoms with E-state index in [0.29, 0.717) is 6.54 Å². The molecule has 4 heteroatoms. The fourth-order valence-electron chi connectivity index (χ4n) is 2.31. The van der Waals surface area contributed by atoms with E-state index >= 15 is 0 Å². The molecule has 1 heterocycles. The van der Waals surface area contributed by atoms with Gasteiger partial charge in [-0.2, -0.15) is 0 Å². The van der Waals surface area contributed by atoms with E-state index < -0.39 is 0 Å². The molecule has 0 fully saturated rings. The van der Waals surface area contributed by atoms with Crippen LogP contribution in [0.1, 0.15) is 30.4 Å². The number of carbonyl (C=O) groups is 1. The van der Waals surface area contributed by atoms with Gasteiger partial charge in [-0.1, -0.05) is 31.2 Å². The Balaban J connectivity index is 2.12. The first-order valence-electron chi connectivity index (χ1n) is 6.46. The van der Waals surface area contributed by atoms with Gasteiger partial charge in [0.15, 0.2) is 0 Å². The van der Waals surface area contributed by atoms with Gasteiger partial charge in [0, 0.05) is 13.1 Å². The van der Waals surface area contributed by atoms with Gasteiger partial charge in [-0.05, 0) is 17.5 Å². The Labute approximate surface area is 107 Å². The monoisotopic (exact) mass is 248 g/mol. The van der Waals surface area contributed by atoms with Crippen molar-refractivity contribution in [2.75, 3.05) is 13.2 Å². The molecule has 1 aliphatic heterocycles. The van der Waals surface area contributed by atoms with Crippen molar-refractivity contribution in [3.05, 3.63) is 35.4 Å². The number of rotatable bonds is 4. The molecule has 0 saturated heterocycles. The quantitative estimate of drug-likeness (QED) is 0.737. The van der Waals surface area contributed by atoms with E-state index in [1.807, 2.05) is 31.2 Å². The third kappa shape index (κ3) is 2.71. The summed E-state index contributed by atoms with van der Waals surface area (Å²) in [7, 11) is 0. The smallest absolute Gasteiger partial charge is 0.229 e. The number of benzene rings is 1. The second kappa shape index (κ2) is 5.98. The van der Waals surface area contributed by atoms with Gasteiger partial charge in [0.2, 0.25) is 5.91 Å². The molecule has 0 radical (unpaired) electrons. The standard InChI is InChI=1S/C14H20N2O2/c1-2-11(9-17)16-14(18)13-8-15-7-10-5-3-4-6-12(10)13/h3-6,11,13,15,17H,2,7-9H2,1H3,(H,16,18). The predicted octanol–water partition coefficient (Wildman–Crippen LogP) is 0.760. The summed E-state index contributed by atoms with van der Waals surface area (Å²) in [5, 5.41) is 15.3. The van der Waals surface area contributed by atoms with E-state index in [0.717, 1.165) is 18.5 Å². The second-order valence-electron chi connectivity index (χ2n) is 4.68. The summed E-state index contributed by atoms with van der Waals surface area (Å²) in [6, 6.07) is 7.87. The van der Waals surface area contributed by atoms with Gasteiger partial charge in [-0.25, -0.2) is 0 Å². The topological polar surface area (TPSA) is 61.4 Å². The molecule has 98 valence electrons. The maximum Gasteiger partial charge on any atom is 0.229 e. The van der Waals surface area contributed by atoms with Crippen molar-refractivity contribution in [2.24, 2.45) is 0 Å². The van der Waals surface area contributed by atoms with Crippen LogP contribution in [0.3, 0.4) is 0 Å². The van der Waals surface area contributed by atoms with Crippen molar-refractivity contribution < 1.29 is 9.90 Å². The third-order valence-corrected chi connectivity index (χ3v) is 3.47. The molecule has 2 rings (SSSR count). The van der Waals surface area contributed by atoms with Gasteiger partial charge in [-0.3, -0.25) is 4.79 Å². The van der Waals surface area contributed by atoms with Gasteiger partial charge >= 0.3 is 0 Å². The van der Waals surface area contributed by atoms with Crippen LogP contribution in [0, 0.1) is 0 Å². The van der Waals surface area contributed by atoms with Crippen LogP contribution in [0.2, 0.25) is 0 Å². The number of nitrogens with one attached hydrogen (secondary N) is 2. The van der Waals surface area contributed by atoms with Crippen molar-refractivity contribution in [1.29, 1.82) is 0 Å². The fourth-order valence-corrected chi connectivity index (χ4v) is 2.31. The SMILES string of the molecule is CCC(CO)NC(=O)C1CNCc2ccccc21. The Kier molecular flexibility index (Phi) is 4.33. The molecule has 3 N–H and O–H groups in total. The summed E-state index contributed by atoms with van der Waals surface area (Å²) in [6.07, 6.45) is 0.740. The third-order valence-electron chi connectivity index (χ3n) is 3.47. The van der Waals surface area contributed by atoms with Crippen molar-refractivity contribution in [3.8, 4) is 0 Å². The highest BCUT2D eigenvalue weighted by Gasteiger charge is 2.26. The van der Waals surface area contributed by atoms with Gasteiger partial charge in [0.05, 0.1) is 18.6 Å². The lowest BCUT2D eigenvalue weighted by Gasteiger charge is -2.27. The van der Waals surface area contributed by atoms with Crippen LogP contribution in [0.5, 0.6) is 0 Å². The number of fused-ring (bicyclic) bond motifs is 1. The molecule has 1 aliphatic rings. The Morgan fingerprint density at radius 3 is 3.06 bits per heavy atom. The molecule has 2 atom stereocenters. The van der Waals surface area contributed by atoms with Crippen LogP contribution >= 0.6 is 0 Å². The van der Waals surface area contributed by atoms with E-state index in [-0.39, 0.29) is 24.5 Å². The van der Waals surface area contributed by atoms with Crippen LogP contribution in [-0.2, 0) is 11.3 Å². The Morgan fingerprint density at radius 1 is 1.56 bits per heavy atom. The van der Waals surface area contributed by atoms with E-state index in [9.17, 15) is 4.79 Å². The first kappa shape index (κ1) is 13.1. The van der Waals surface area contributed by atoms with E-state index in [1.54, 1.807) is 0 Å². The molecule has 18 heavy (non-hydrogen) atoms. The van der Waals surface area contributed by atoms with Crippen LogP contribution in [0.4, 0.5) is 0 Å². The van der Waals surface area contributed by atoms with Crippen LogP contribution in [-0.4, -0.2) is 30.2 Å². The van der Waals surface area contributed by atoms with E-state index in [1.165, 1.54) is 5.56 Å². The number of hydrogen-bond donors (Lipinski definition) is 3. The van der Waals surface area contributed by atoms with Crippen LogP contribution in [0.15, 0.2) is 24.3 Å². The largest absolute Gasteiger partial charge is 0.394 e. The molecular formula is C14H20N2O2. The number of hydrogen-bond acceptors (Lipinski definition) is 3. The maximum atomic E-state index is 12.2. The zero-order valence-electron chi connectivity index (χ0n) is 10.6. The minimum absolute atomic E-state index is 0.00412. The average Bonchev–Trinajstić information content (AvgIpc) is 2.43. The molecule has 1 amide bonds. The molecule has 0 saturated carbocycles. The lowest BCUT2D eigenvalue weighted by molar-refractivity contribution is -0.123. The summed E-state index contributed by atoms with van der Waals surface area (Å²) in [5.41, 5.74) is 2.28. The summed E-state index contributed by atoms with van der Waals surface area (Å²) < 4.78 is 0. The molecular weight excluding hydrogens is 228 g/mol. The first-order valence-corrected chi connectivity index (χ1v) is 6.46. The van der Waals surface area contributed by atoms with Crippen LogP contribution in [0.25, 0.3) is 0 Å². The normalized spacial score (nSPS) is 20.0. The highest BCUT2D eigenvalue weighted by Crippen LogP contribution is 2.23. The molecule has 4 nitrogen and oxygen atoms in total. The lowest BCUT2D eigenvalue weighted by Crippen LogP contribution is -2.44. The number of carbonyl (C=O) groups excluding carboxylic acids is 1. The Bertz CT molecular complexity index is 416. The maximum absolute atomic E-state index is 12.2. The molecule has 1 aromatic carbocycles. The number of amides is 1. The number of aliphatic hydroxyl groups excluding tert-OH is 1. The summed E-state index contributed by atoms with van der Waals surface area (Å²) in [6.45, 7) is 3.42. The average molecular weight is 248 g/mol. The highest BCUT2D eigenvalue weighted by atomic mass is 16.3. The zero-order valence-corrected chi connectivity index (χ0v) is 10.6. The first-order chi connectivity index (χ1) is 8.76. The summed E-state index contributed by atoms with van der Waals surface area (Å²) in [5.74, 6) is -0.161. The highest BCUT2D eigenvalue weighted by molar-refractivity contribution is 5.84. The summed E-state index contributed by atoms with van der Waals surface area (Å²) >= 11 is 0. The van der Waals surface area contributed by atoms with Crippen molar-refractivity contribution in [3.63, 3.8) is 0 Å². The minimum atomic E-state index is -0.157. The summed E-state index contributed by atoms with van der Waals surface area (Å²) in [4.78, 5) is 12.2. The molecule has 1 aromatic rings. The fraction of sp³-hybridized carbons (Fsp3) is 0.500. The Morgan fingerprint density at radius 2 is 2.33 bits per heavy atom. The second-order valence-corrected chi connectivity index (χ2v) is 4.68. The van der Waals surface area contributed by atoms with Gasteiger partial charge in [0.1, 0.15) is 0 Å². The van der Waals surface area contributed by atoms with Gasteiger partial charge in [-0.15, -0.1) is 0 Å². The Hall–Kier alpha value is -1.39. The molecule has 0 aromatic heterocycles. The van der Waals surface area contributed by atoms with E-state index in [2.05, 4.69) is 10.6 Å². The van der Waals surface area contributed by atoms with Crippen molar-refractivity contribution >= 4 is 5.91 Å². The lowest BCUT2D eigenvalue weighted by atomic mass is 9.90. The van der Waals surface area contributed by atoms with E-state index in [4.69, 9.17) is 5.11 Å². The van der Waals surface area contributed by atoms with Crippen LogP contribution < -0.4 is 10.6 Å². The predicted molar refractivity (Wildman–Crippen MR) is 70.2 cm³/mol. The van der Waals surface area contributed by atoms with Gasteiger partial charge in [0.25, 0.3) is 0 Å². The van der Waals surface area contributed by atoms with Crippen molar-refractivity contribution in [2.45, 2.75) is 31.8 Å². The molecule has 0 spiro atoms. The minimum Gasteiger partial charge on any atom is -0.394 e. The molecule has 0 aliphatic carbocycles. The van der Waals surface area contributed by atoms with Crippen molar-refractivity contribution in [1.82, 2.24) is 10.6 Å². The number of aliphatic hydroxyl groups is 1. The molecule has 0 bridgehead atoms.